The molecular weight excluding hydrogens is 486 g/mol. The normalized spacial score (nSPS) is 11.2. The van der Waals surface area contributed by atoms with Gasteiger partial charge < -0.3 is 18.4 Å². The molecule has 0 unspecified atom stereocenters. The fraction of sp³-hybridized carbons (Fsp3) is 0.125. The first-order valence-corrected chi connectivity index (χ1v) is 12.0. The minimum absolute atomic E-state index is 0.0749. The van der Waals surface area contributed by atoms with Gasteiger partial charge in [0, 0.05) is 24.0 Å². The maximum absolute atomic E-state index is 13.4. The summed E-state index contributed by atoms with van der Waals surface area (Å²) in [7, 11) is -1.37. The number of ether oxygens (including phenoxy) is 2. The van der Waals surface area contributed by atoms with Gasteiger partial charge in [0.2, 0.25) is 5.88 Å². The molecule has 11 nitrogen and oxygen atoms in total. The molecule has 0 saturated heterocycles. The monoisotopic (exact) mass is 505 g/mol. The Morgan fingerprint density at radius 1 is 1.11 bits per heavy atom. The summed E-state index contributed by atoms with van der Waals surface area (Å²) in [5, 5.41) is 8.34. The molecule has 0 aliphatic carbocycles. The molecule has 0 radical (unpaired) electrons. The van der Waals surface area contributed by atoms with Crippen molar-refractivity contribution >= 4 is 26.8 Å². The predicted molar refractivity (Wildman–Crippen MR) is 128 cm³/mol. The second-order valence-electron chi connectivity index (χ2n) is 7.43. The minimum atomic E-state index is -4.17. The Hall–Kier alpha value is -4.76. The van der Waals surface area contributed by atoms with Gasteiger partial charge in [-0.1, -0.05) is 11.1 Å². The smallest absolute Gasteiger partial charge is 0.266 e. The summed E-state index contributed by atoms with van der Waals surface area (Å²) in [5.41, 5.74) is 1.34. The number of fused-ring (bicyclic) bond motifs is 1. The van der Waals surface area contributed by atoms with Crippen molar-refractivity contribution < 1.29 is 26.8 Å². The Balaban J connectivity index is 1.50. The SMILES string of the molecule is COc1ccc(C#Cc2ccco2)cc1S(=O)(=O)Nc1noc2cc(Cn3cccn3)nc(OC)c12. The Kier molecular flexibility index (Phi) is 6.05. The largest absolute Gasteiger partial charge is 0.495 e. The van der Waals surface area contributed by atoms with Crippen LogP contribution in [0.4, 0.5) is 5.82 Å². The van der Waals surface area contributed by atoms with Crippen molar-refractivity contribution in [1.82, 2.24) is 19.9 Å². The molecule has 5 rings (SSSR count). The summed E-state index contributed by atoms with van der Waals surface area (Å²) in [6.07, 6.45) is 4.95. The summed E-state index contributed by atoms with van der Waals surface area (Å²) in [6.45, 7) is 0.365. The van der Waals surface area contributed by atoms with Crippen LogP contribution in [-0.2, 0) is 16.6 Å². The Morgan fingerprint density at radius 3 is 2.72 bits per heavy atom. The van der Waals surface area contributed by atoms with Crippen molar-refractivity contribution in [2.45, 2.75) is 11.4 Å². The molecule has 0 fully saturated rings. The number of rotatable bonds is 7. The van der Waals surface area contributed by atoms with Crippen molar-refractivity contribution in [3.8, 4) is 23.5 Å². The van der Waals surface area contributed by atoms with E-state index in [-0.39, 0.29) is 27.7 Å². The van der Waals surface area contributed by atoms with Gasteiger partial charge in [-0.2, -0.15) is 5.10 Å². The quantitative estimate of drug-likeness (QED) is 0.331. The Morgan fingerprint density at radius 2 is 2.00 bits per heavy atom. The van der Waals surface area contributed by atoms with E-state index in [1.807, 2.05) is 0 Å². The molecule has 0 aliphatic rings. The number of hydrogen-bond donors (Lipinski definition) is 1. The van der Waals surface area contributed by atoms with Gasteiger partial charge in [0.05, 0.1) is 32.7 Å². The fourth-order valence-electron chi connectivity index (χ4n) is 3.47. The van der Waals surface area contributed by atoms with Crippen molar-refractivity contribution in [3.63, 3.8) is 0 Å². The molecule has 1 aromatic carbocycles. The highest BCUT2D eigenvalue weighted by Gasteiger charge is 2.25. The first-order valence-electron chi connectivity index (χ1n) is 10.5. The number of pyridine rings is 1. The van der Waals surface area contributed by atoms with E-state index in [2.05, 4.69) is 31.8 Å². The van der Waals surface area contributed by atoms with E-state index in [0.717, 1.165) is 0 Å². The minimum Gasteiger partial charge on any atom is -0.495 e. The van der Waals surface area contributed by atoms with Gasteiger partial charge >= 0.3 is 0 Å². The van der Waals surface area contributed by atoms with Crippen LogP contribution in [0, 0.1) is 11.8 Å². The maximum atomic E-state index is 13.4. The average Bonchev–Trinajstić information content (AvgIpc) is 3.65. The van der Waals surface area contributed by atoms with Gasteiger partial charge in [0.15, 0.2) is 17.2 Å². The van der Waals surface area contributed by atoms with Crippen LogP contribution in [-0.4, -0.2) is 42.6 Å². The molecule has 0 aliphatic heterocycles. The van der Waals surface area contributed by atoms with E-state index in [1.54, 1.807) is 47.4 Å². The zero-order valence-corrected chi connectivity index (χ0v) is 19.9. The molecule has 36 heavy (non-hydrogen) atoms. The maximum Gasteiger partial charge on any atom is 0.266 e. The van der Waals surface area contributed by atoms with Crippen LogP contribution in [0.1, 0.15) is 17.0 Å². The van der Waals surface area contributed by atoms with E-state index < -0.39 is 10.0 Å². The van der Waals surface area contributed by atoms with Gasteiger partial charge in [-0.15, -0.1) is 0 Å². The molecule has 5 aromatic rings. The van der Waals surface area contributed by atoms with Gasteiger partial charge in [-0.05, 0) is 42.3 Å². The highest BCUT2D eigenvalue weighted by molar-refractivity contribution is 7.92. The van der Waals surface area contributed by atoms with Crippen LogP contribution in [0.25, 0.3) is 11.0 Å². The molecule has 1 N–H and O–H groups in total. The number of anilines is 1. The number of hydrogen-bond acceptors (Lipinski definition) is 9. The van der Waals surface area contributed by atoms with E-state index in [4.69, 9.17) is 18.4 Å². The fourth-order valence-corrected chi connectivity index (χ4v) is 4.67. The van der Waals surface area contributed by atoms with Gasteiger partial charge in [-0.3, -0.25) is 9.40 Å². The molecule has 0 bridgehead atoms. The van der Waals surface area contributed by atoms with Crippen LogP contribution in [0.15, 0.2) is 75.0 Å². The zero-order valence-electron chi connectivity index (χ0n) is 19.1. The van der Waals surface area contributed by atoms with E-state index in [0.29, 0.717) is 29.1 Å². The number of nitrogens with zero attached hydrogens (tertiary/aromatic N) is 4. The van der Waals surface area contributed by atoms with E-state index >= 15 is 0 Å². The molecular formula is C24H19N5O6S. The molecule has 0 amide bonds. The summed E-state index contributed by atoms with van der Waals surface area (Å²) in [5.74, 6) is 6.37. The summed E-state index contributed by atoms with van der Waals surface area (Å²) in [6, 6.07) is 11.4. The van der Waals surface area contributed by atoms with Crippen molar-refractivity contribution in [2.75, 3.05) is 18.9 Å². The first-order chi connectivity index (χ1) is 17.5. The lowest BCUT2D eigenvalue weighted by Gasteiger charge is -2.11. The lowest BCUT2D eigenvalue weighted by molar-refractivity contribution is 0.400. The third kappa shape index (κ3) is 4.59. The topological polar surface area (TPSA) is 135 Å². The van der Waals surface area contributed by atoms with Crippen molar-refractivity contribution in [1.29, 1.82) is 0 Å². The number of nitrogens with one attached hydrogen (secondary N) is 1. The lowest BCUT2D eigenvalue weighted by atomic mass is 10.2. The predicted octanol–water partition coefficient (Wildman–Crippen LogP) is 3.28. The molecule has 4 heterocycles. The van der Waals surface area contributed by atoms with Crippen LogP contribution >= 0.6 is 0 Å². The van der Waals surface area contributed by atoms with E-state index in [1.165, 1.54) is 32.6 Å². The molecule has 0 spiro atoms. The van der Waals surface area contributed by atoms with Crippen molar-refractivity contribution in [3.05, 3.63) is 78.1 Å². The molecule has 182 valence electrons. The molecule has 0 saturated carbocycles. The number of aromatic nitrogens is 4. The highest BCUT2D eigenvalue weighted by atomic mass is 32.2. The molecule has 4 aromatic heterocycles. The molecule has 12 heteroatoms. The number of furan rings is 1. The standard InChI is InChI=1S/C24H19N5O6S/c1-32-19-9-7-16(6-8-18-5-3-12-34-18)13-21(19)36(30,31)28-23-22-20(35-27-23)14-17(26-24(22)33-2)15-29-11-4-10-25-29/h3-5,7,9-14H,15H2,1-2H3,(H,27,28). The summed E-state index contributed by atoms with van der Waals surface area (Å²) in [4.78, 5) is 4.33. The van der Waals surface area contributed by atoms with E-state index in [9.17, 15) is 8.42 Å². The van der Waals surface area contributed by atoms with Crippen LogP contribution in [0.2, 0.25) is 0 Å². The third-order valence-corrected chi connectivity index (χ3v) is 6.45. The highest BCUT2D eigenvalue weighted by Crippen LogP contribution is 2.34. The van der Waals surface area contributed by atoms with Gasteiger partial charge in [-0.25, -0.2) is 13.4 Å². The molecule has 0 atom stereocenters. The lowest BCUT2D eigenvalue weighted by Crippen LogP contribution is -2.15. The second kappa shape index (κ2) is 9.47. The number of benzene rings is 1. The zero-order chi connectivity index (χ0) is 25.1. The summed E-state index contributed by atoms with van der Waals surface area (Å²) >= 11 is 0. The van der Waals surface area contributed by atoms with Crippen LogP contribution in [0.5, 0.6) is 11.6 Å². The first kappa shape index (κ1) is 23.0. The van der Waals surface area contributed by atoms with Crippen LogP contribution in [0.3, 0.4) is 0 Å². The van der Waals surface area contributed by atoms with Crippen molar-refractivity contribution in [2.24, 2.45) is 0 Å². The average molecular weight is 506 g/mol. The van der Waals surface area contributed by atoms with Crippen LogP contribution < -0.4 is 14.2 Å². The van der Waals surface area contributed by atoms with Gasteiger partial charge in [0.1, 0.15) is 16.0 Å². The van der Waals surface area contributed by atoms with Gasteiger partial charge in [0.25, 0.3) is 10.0 Å². The Labute approximate surface area is 205 Å². The number of methoxy groups -OCH3 is 2. The Bertz CT molecular complexity index is 1680. The third-order valence-electron chi connectivity index (χ3n) is 5.09. The summed E-state index contributed by atoms with van der Waals surface area (Å²) < 4.78 is 52.2. The second-order valence-corrected chi connectivity index (χ2v) is 9.08. The number of sulfonamides is 1.